The van der Waals surface area contributed by atoms with Crippen LogP contribution in [0.2, 0.25) is 0 Å². The molecule has 1 aliphatic rings. The molecule has 0 bridgehead atoms. The zero-order valence-electron chi connectivity index (χ0n) is 16.1. The fraction of sp³-hybridized carbons (Fsp3) is 0.350. The molecule has 0 atom stereocenters. The van der Waals surface area contributed by atoms with E-state index >= 15 is 0 Å². The molecule has 0 saturated carbocycles. The Morgan fingerprint density at radius 2 is 1.66 bits per heavy atom. The summed E-state index contributed by atoms with van der Waals surface area (Å²) in [6, 6.07) is 8.55. The normalized spacial score (nSPS) is 14.8. The number of hydrogen-bond donors (Lipinski definition) is 1. The molecule has 0 unspecified atom stereocenters. The number of hydrogen-bond acceptors (Lipinski definition) is 4. The van der Waals surface area contributed by atoms with E-state index in [2.05, 4.69) is 10.2 Å². The van der Waals surface area contributed by atoms with Crippen molar-refractivity contribution in [2.45, 2.75) is 24.2 Å². The van der Waals surface area contributed by atoms with Crippen LogP contribution in [0.25, 0.3) is 0 Å². The van der Waals surface area contributed by atoms with Gasteiger partial charge in [0.1, 0.15) is 11.6 Å². The smallest absolute Gasteiger partial charge is 0.243 e. The lowest BCUT2D eigenvalue weighted by atomic mass is 10.1. The van der Waals surface area contributed by atoms with Gasteiger partial charge >= 0.3 is 0 Å². The van der Waals surface area contributed by atoms with E-state index in [4.69, 9.17) is 0 Å². The van der Waals surface area contributed by atoms with Crippen LogP contribution in [0, 0.1) is 11.6 Å². The second kappa shape index (κ2) is 8.87. The first-order chi connectivity index (χ1) is 13.8. The number of halogens is 2. The number of nitrogens with zero attached hydrogens (tertiary/aromatic N) is 2. The van der Waals surface area contributed by atoms with Crippen LogP contribution in [-0.4, -0.2) is 45.3 Å². The van der Waals surface area contributed by atoms with Crippen molar-refractivity contribution in [1.29, 1.82) is 0 Å². The quantitative estimate of drug-likeness (QED) is 0.775. The molecule has 9 heteroatoms. The van der Waals surface area contributed by atoms with Gasteiger partial charge in [-0.1, -0.05) is 0 Å². The van der Waals surface area contributed by atoms with E-state index in [1.165, 1.54) is 19.2 Å². The summed E-state index contributed by atoms with van der Waals surface area (Å²) >= 11 is 0. The number of amides is 1. The van der Waals surface area contributed by atoms with Crippen LogP contribution in [-0.2, 0) is 14.8 Å². The highest BCUT2D eigenvalue weighted by Crippen LogP contribution is 2.29. The minimum Gasteiger partial charge on any atom is -0.370 e. The number of piperidine rings is 1. The Kier molecular flexibility index (Phi) is 6.49. The standard InChI is InChI=1S/C20H23F2N3O3S/c1-24(29(27,28)17-8-5-15(21)6-9-17)14-20(26)23-18-13-16(22)7-10-19(18)25-11-3-2-4-12-25/h5-10,13H,2-4,11-12,14H2,1H3,(H,23,26). The molecule has 0 aliphatic carbocycles. The lowest BCUT2D eigenvalue weighted by Gasteiger charge is -2.30. The second-order valence-electron chi connectivity index (χ2n) is 6.97. The van der Waals surface area contributed by atoms with Gasteiger partial charge in [0.15, 0.2) is 0 Å². The van der Waals surface area contributed by atoms with Crippen LogP contribution in [0.1, 0.15) is 19.3 Å². The van der Waals surface area contributed by atoms with Crippen LogP contribution < -0.4 is 10.2 Å². The molecule has 2 aromatic carbocycles. The third-order valence-corrected chi connectivity index (χ3v) is 6.64. The van der Waals surface area contributed by atoms with Crippen molar-refractivity contribution in [3.63, 3.8) is 0 Å². The van der Waals surface area contributed by atoms with Gasteiger partial charge in [-0.2, -0.15) is 4.31 Å². The second-order valence-corrected chi connectivity index (χ2v) is 9.02. The number of carbonyl (C=O) groups is 1. The van der Waals surface area contributed by atoms with Gasteiger partial charge in [0.25, 0.3) is 0 Å². The molecule has 0 radical (unpaired) electrons. The zero-order valence-corrected chi connectivity index (χ0v) is 16.9. The number of nitrogens with one attached hydrogen (secondary N) is 1. The summed E-state index contributed by atoms with van der Waals surface area (Å²) in [5, 5.41) is 2.63. The van der Waals surface area contributed by atoms with Gasteiger partial charge in [-0.15, -0.1) is 0 Å². The molecular formula is C20H23F2N3O3S. The SMILES string of the molecule is CN(CC(=O)Nc1cc(F)ccc1N1CCCCC1)S(=O)(=O)c1ccc(F)cc1. The molecule has 0 aromatic heterocycles. The molecule has 1 saturated heterocycles. The van der Waals surface area contributed by atoms with Crippen molar-refractivity contribution in [1.82, 2.24) is 4.31 Å². The number of likely N-dealkylation sites (N-methyl/N-ethyl adjacent to an activating group) is 1. The number of benzene rings is 2. The molecule has 6 nitrogen and oxygen atoms in total. The lowest BCUT2D eigenvalue weighted by molar-refractivity contribution is -0.116. The van der Waals surface area contributed by atoms with Gasteiger partial charge < -0.3 is 10.2 Å². The van der Waals surface area contributed by atoms with Gasteiger partial charge in [0, 0.05) is 20.1 Å². The summed E-state index contributed by atoms with van der Waals surface area (Å²) in [5.41, 5.74) is 1.02. The summed E-state index contributed by atoms with van der Waals surface area (Å²) in [4.78, 5) is 14.4. The first kappa shape index (κ1) is 21.2. The lowest BCUT2D eigenvalue weighted by Crippen LogP contribution is -2.35. The third kappa shape index (κ3) is 5.10. The summed E-state index contributed by atoms with van der Waals surface area (Å²) in [5.74, 6) is -1.64. The maximum atomic E-state index is 13.8. The van der Waals surface area contributed by atoms with E-state index in [0.29, 0.717) is 11.4 Å². The van der Waals surface area contributed by atoms with Crippen LogP contribution >= 0.6 is 0 Å². The third-order valence-electron chi connectivity index (χ3n) is 4.82. The van der Waals surface area contributed by atoms with Gasteiger partial charge in [-0.25, -0.2) is 17.2 Å². The average Bonchev–Trinajstić information content (AvgIpc) is 2.69. The molecule has 156 valence electrons. The van der Waals surface area contributed by atoms with Gasteiger partial charge in [0.2, 0.25) is 15.9 Å². The van der Waals surface area contributed by atoms with E-state index < -0.39 is 34.1 Å². The number of anilines is 2. The van der Waals surface area contributed by atoms with Crippen molar-refractivity contribution >= 4 is 27.3 Å². The maximum absolute atomic E-state index is 13.8. The van der Waals surface area contributed by atoms with E-state index in [0.717, 1.165) is 60.9 Å². The zero-order chi connectivity index (χ0) is 21.0. The summed E-state index contributed by atoms with van der Waals surface area (Å²) < 4.78 is 52.8. The Bertz CT molecular complexity index is 975. The molecular weight excluding hydrogens is 400 g/mol. The van der Waals surface area contributed by atoms with E-state index in [1.807, 2.05) is 0 Å². The van der Waals surface area contributed by atoms with Gasteiger partial charge in [0.05, 0.1) is 22.8 Å². The van der Waals surface area contributed by atoms with Crippen LogP contribution in [0.4, 0.5) is 20.2 Å². The van der Waals surface area contributed by atoms with Crippen molar-refractivity contribution in [3.05, 3.63) is 54.1 Å². The Balaban J connectivity index is 1.73. The monoisotopic (exact) mass is 423 g/mol. The molecule has 1 aliphatic heterocycles. The summed E-state index contributed by atoms with van der Waals surface area (Å²) in [7, 11) is -2.70. The van der Waals surface area contributed by atoms with E-state index in [9.17, 15) is 22.0 Å². The predicted molar refractivity (Wildman–Crippen MR) is 107 cm³/mol. The van der Waals surface area contributed by atoms with Gasteiger partial charge in [-0.05, 0) is 61.7 Å². The molecule has 29 heavy (non-hydrogen) atoms. The molecule has 1 fully saturated rings. The first-order valence-corrected chi connectivity index (χ1v) is 10.8. The molecule has 1 heterocycles. The van der Waals surface area contributed by atoms with E-state index in [-0.39, 0.29) is 4.90 Å². The molecule has 1 amide bonds. The Morgan fingerprint density at radius 1 is 1.03 bits per heavy atom. The van der Waals surface area contributed by atoms with E-state index in [1.54, 1.807) is 6.07 Å². The van der Waals surface area contributed by atoms with Crippen molar-refractivity contribution in [2.75, 3.05) is 36.9 Å². The topological polar surface area (TPSA) is 69.7 Å². The summed E-state index contributed by atoms with van der Waals surface area (Å²) in [6.45, 7) is 1.16. The summed E-state index contributed by atoms with van der Waals surface area (Å²) in [6.07, 6.45) is 3.16. The fourth-order valence-electron chi connectivity index (χ4n) is 3.28. The molecule has 1 N–H and O–H groups in total. The Labute approximate surface area is 169 Å². The van der Waals surface area contributed by atoms with Crippen LogP contribution in [0.5, 0.6) is 0 Å². The fourth-order valence-corrected chi connectivity index (χ4v) is 4.41. The van der Waals surface area contributed by atoms with Gasteiger partial charge in [-0.3, -0.25) is 4.79 Å². The average molecular weight is 423 g/mol. The molecule has 0 spiro atoms. The number of carbonyl (C=O) groups excluding carboxylic acids is 1. The van der Waals surface area contributed by atoms with Crippen LogP contribution in [0.15, 0.2) is 47.4 Å². The van der Waals surface area contributed by atoms with Crippen molar-refractivity contribution in [3.8, 4) is 0 Å². The Morgan fingerprint density at radius 3 is 2.31 bits per heavy atom. The predicted octanol–water partition coefficient (Wildman–Crippen LogP) is 3.21. The highest BCUT2D eigenvalue weighted by molar-refractivity contribution is 7.89. The first-order valence-electron chi connectivity index (χ1n) is 9.33. The van der Waals surface area contributed by atoms with Crippen LogP contribution in [0.3, 0.4) is 0 Å². The van der Waals surface area contributed by atoms with Crippen molar-refractivity contribution < 1.29 is 22.0 Å². The van der Waals surface area contributed by atoms with Crippen molar-refractivity contribution in [2.24, 2.45) is 0 Å². The molecule has 3 rings (SSSR count). The Hall–Kier alpha value is -2.52. The minimum absolute atomic E-state index is 0.117. The largest absolute Gasteiger partial charge is 0.370 e. The number of sulfonamides is 1. The highest BCUT2D eigenvalue weighted by atomic mass is 32.2. The number of rotatable bonds is 6. The maximum Gasteiger partial charge on any atom is 0.243 e. The highest BCUT2D eigenvalue weighted by Gasteiger charge is 2.24. The minimum atomic E-state index is -3.96. The molecule has 2 aromatic rings.